The predicted octanol–water partition coefficient (Wildman–Crippen LogP) is 3.93. The van der Waals surface area contributed by atoms with Crippen LogP contribution < -0.4 is 4.74 Å². The van der Waals surface area contributed by atoms with Crippen molar-refractivity contribution < 1.29 is 18.8 Å². The highest BCUT2D eigenvalue weighted by molar-refractivity contribution is 5.68. The molecular formula is C20H27N3O4. The molecule has 1 saturated heterocycles. The van der Waals surface area contributed by atoms with E-state index in [1.807, 2.05) is 45.0 Å². The van der Waals surface area contributed by atoms with Crippen molar-refractivity contribution in [1.29, 1.82) is 0 Å². The predicted molar refractivity (Wildman–Crippen MR) is 101 cm³/mol. The van der Waals surface area contributed by atoms with Crippen molar-refractivity contribution in [3.63, 3.8) is 0 Å². The second-order valence-corrected chi connectivity index (χ2v) is 7.86. The van der Waals surface area contributed by atoms with Crippen molar-refractivity contribution in [3.05, 3.63) is 30.2 Å². The van der Waals surface area contributed by atoms with E-state index < -0.39 is 5.60 Å². The van der Waals surface area contributed by atoms with Gasteiger partial charge >= 0.3 is 6.09 Å². The van der Waals surface area contributed by atoms with Crippen LogP contribution in [-0.2, 0) is 11.2 Å². The summed E-state index contributed by atoms with van der Waals surface area (Å²) in [6.45, 7) is 7.03. The van der Waals surface area contributed by atoms with Crippen LogP contribution in [0, 0.1) is 5.92 Å². The maximum Gasteiger partial charge on any atom is 0.410 e. The number of nitrogens with zero attached hydrogens (tertiary/aromatic N) is 3. The Morgan fingerprint density at radius 1 is 1.22 bits per heavy atom. The summed E-state index contributed by atoms with van der Waals surface area (Å²) in [7, 11) is 1.63. The van der Waals surface area contributed by atoms with Crippen LogP contribution in [0.25, 0.3) is 11.4 Å². The molecule has 27 heavy (non-hydrogen) atoms. The lowest BCUT2D eigenvalue weighted by atomic mass is 9.94. The van der Waals surface area contributed by atoms with Gasteiger partial charge in [-0.2, -0.15) is 4.98 Å². The maximum absolute atomic E-state index is 12.1. The SMILES string of the molecule is COc1ccc(-c2noc(CC3CCN(C(=O)OC(C)(C)C)CC3)n2)cc1. The monoisotopic (exact) mass is 373 g/mol. The molecule has 146 valence electrons. The minimum atomic E-state index is -0.463. The summed E-state index contributed by atoms with van der Waals surface area (Å²) in [6, 6.07) is 7.56. The van der Waals surface area contributed by atoms with Crippen molar-refractivity contribution in [2.45, 2.75) is 45.6 Å². The minimum Gasteiger partial charge on any atom is -0.497 e. The van der Waals surface area contributed by atoms with Gasteiger partial charge in [-0.1, -0.05) is 5.16 Å². The molecule has 0 bridgehead atoms. The van der Waals surface area contributed by atoms with Crippen LogP contribution in [0.5, 0.6) is 5.75 Å². The van der Waals surface area contributed by atoms with Gasteiger partial charge in [-0.05, 0) is 63.8 Å². The van der Waals surface area contributed by atoms with E-state index in [1.165, 1.54) is 0 Å². The summed E-state index contributed by atoms with van der Waals surface area (Å²) < 4.78 is 16.0. The van der Waals surface area contributed by atoms with Crippen molar-refractivity contribution in [2.75, 3.05) is 20.2 Å². The Kier molecular flexibility index (Phi) is 5.68. The van der Waals surface area contributed by atoms with Gasteiger partial charge in [0.2, 0.25) is 11.7 Å². The van der Waals surface area contributed by atoms with Gasteiger partial charge in [0, 0.05) is 25.1 Å². The van der Waals surface area contributed by atoms with E-state index >= 15 is 0 Å². The van der Waals surface area contributed by atoms with E-state index in [0.29, 0.717) is 30.7 Å². The molecule has 1 fully saturated rings. The van der Waals surface area contributed by atoms with Crippen LogP contribution in [-0.4, -0.2) is 46.9 Å². The average molecular weight is 373 g/mol. The van der Waals surface area contributed by atoms with E-state index in [4.69, 9.17) is 14.0 Å². The highest BCUT2D eigenvalue weighted by Crippen LogP contribution is 2.24. The molecule has 1 aromatic carbocycles. The van der Waals surface area contributed by atoms with E-state index in [0.717, 1.165) is 30.6 Å². The lowest BCUT2D eigenvalue weighted by Crippen LogP contribution is -2.42. The Balaban J connectivity index is 1.52. The van der Waals surface area contributed by atoms with E-state index in [2.05, 4.69) is 10.1 Å². The molecule has 0 N–H and O–H groups in total. The third-order valence-corrected chi connectivity index (χ3v) is 4.55. The minimum absolute atomic E-state index is 0.236. The zero-order valence-corrected chi connectivity index (χ0v) is 16.4. The molecule has 1 aliphatic heterocycles. The largest absolute Gasteiger partial charge is 0.497 e. The smallest absolute Gasteiger partial charge is 0.410 e. The van der Waals surface area contributed by atoms with Gasteiger partial charge in [0.1, 0.15) is 11.4 Å². The number of carbonyl (C=O) groups excluding carboxylic acids is 1. The molecule has 0 atom stereocenters. The van der Waals surface area contributed by atoms with Crippen molar-refractivity contribution >= 4 is 6.09 Å². The Morgan fingerprint density at radius 2 is 1.89 bits per heavy atom. The maximum atomic E-state index is 12.1. The van der Waals surface area contributed by atoms with Crippen LogP contribution in [0.3, 0.4) is 0 Å². The summed E-state index contributed by atoms with van der Waals surface area (Å²) >= 11 is 0. The topological polar surface area (TPSA) is 77.7 Å². The van der Waals surface area contributed by atoms with Crippen molar-refractivity contribution in [2.24, 2.45) is 5.92 Å². The van der Waals surface area contributed by atoms with Crippen LogP contribution in [0.1, 0.15) is 39.5 Å². The molecule has 3 rings (SSSR count). The third-order valence-electron chi connectivity index (χ3n) is 4.55. The van der Waals surface area contributed by atoms with Crippen molar-refractivity contribution in [3.8, 4) is 17.1 Å². The van der Waals surface area contributed by atoms with E-state index in [-0.39, 0.29) is 6.09 Å². The molecule has 0 spiro atoms. The summed E-state index contributed by atoms with van der Waals surface area (Å²) in [4.78, 5) is 18.4. The zero-order chi connectivity index (χ0) is 19.4. The highest BCUT2D eigenvalue weighted by atomic mass is 16.6. The Hall–Kier alpha value is -2.57. The summed E-state index contributed by atoms with van der Waals surface area (Å²) in [6.07, 6.45) is 2.30. The lowest BCUT2D eigenvalue weighted by Gasteiger charge is -2.33. The molecule has 2 aromatic rings. The summed E-state index contributed by atoms with van der Waals surface area (Å²) in [5.74, 6) is 2.43. The first-order chi connectivity index (χ1) is 12.8. The molecule has 1 aliphatic rings. The number of rotatable bonds is 4. The highest BCUT2D eigenvalue weighted by Gasteiger charge is 2.27. The van der Waals surface area contributed by atoms with Crippen LogP contribution in [0.2, 0.25) is 0 Å². The van der Waals surface area contributed by atoms with Crippen LogP contribution >= 0.6 is 0 Å². The fourth-order valence-corrected chi connectivity index (χ4v) is 3.09. The number of hydrogen-bond donors (Lipinski definition) is 0. The molecule has 1 amide bonds. The first kappa shape index (κ1) is 19.2. The number of piperidine rings is 1. The molecule has 0 saturated carbocycles. The normalized spacial score (nSPS) is 15.6. The van der Waals surface area contributed by atoms with Gasteiger partial charge in [0.05, 0.1) is 7.11 Å². The van der Waals surface area contributed by atoms with Gasteiger partial charge in [0.15, 0.2) is 0 Å². The van der Waals surface area contributed by atoms with Crippen molar-refractivity contribution in [1.82, 2.24) is 15.0 Å². The molecule has 0 radical (unpaired) electrons. The fourth-order valence-electron chi connectivity index (χ4n) is 3.09. The van der Waals surface area contributed by atoms with E-state index in [1.54, 1.807) is 12.0 Å². The van der Waals surface area contributed by atoms with E-state index in [9.17, 15) is 4.79 Å². The first-order valence-electron chi connectivity index (χ1n) is 9.29. The lowest BCUT2D eigenvalue weighted by molar-refractivity contribution is 0.0182. The van der Waals surface area contributed by atoms with Gasteiger partial charge in [-0.25, -0.2) is 4.79 Å². The standard InChI is InChI=1S/C20H27N3O4/c1-20(2,3)26-19(24)23-11-9-14(10-12-23)13-17-21-18(22-27-17)15-5-7-16(25-4)8-6-15/h5-8,14H,9-13H2,1-4H3. The van der Waals surface area contributed by atoms with Gasteiger partial charge in [-0.15, -0.1) is 0 Å². The van der Waals surface area contributed by atoms with Crippen LogP contribution in [0.4, 0.5) is 4.79 Å². The number of benzene rings is 1. The van der Waals surface area contributed by atoms with Gasteiger partial charge < -0.3 is 18.9 Å². The molecule has 1 aromatic heterocycles. The zero-order valence-electron chi connectivity index (χ0n) is 16.4. The second kappa shape index (κ2) is 7.98. The molecule has 7 nitrogen and oxygen atoms in total. The van der Waals surface area contributed by atoms with Crippen LogP contribution in [0.15, 0.2) is 28.8 Å². The van der Waals surface area contributed by atoms with Gasteiger partial charge in [0.25, 0.3) is 0 Å². The number of hydrogen-bond acceptors (Lipinski definition) is 6. The average Bonchev–Trinajstić information content (AvgIpc) is 3.09. The molecular weight excluding hydrogens is 346 g/mol. The Morgan fingerprint density at radius 3 is 2.48 bits per heavy atom. The number of aromatic nitrogens is 2. The quantitative estimate of drug-likeness (QED) is 0.808. The number of carbonyl (C=O) groups is 1. The molecule has 7 heteroatoms. The molecule has 2 heterocycles. The Bertz CT molecular complexity index is 756. The second-order valence-electron chi connectivity index (χ2n) is 7.86. The first-order valence-corrected chi connectivity index (χ1v) is 9.29. The number of ether oxygens (including phenoxy) is 2. The summed E-state index contributed by atoms with van der Waals surface area (Å²) in [5.41, 5.74) is 0.431. The van der Waals surface area contributed by atoms with Gasteiger partial charge in [-0.3, -0.25) is 0 Å². The number of likely N-dealkylation sites (tertiary alicyclic amines) is 1. The third kappa shape index (κ3) is 5.21. The number of methoxy groups -OCH3 is 1. The molecule has 0 unspecified atom stereocenters. The molecule has 0 aliphatic carbocycles. The number of amides is 1. The summed E-state index contributed by atoms with van der Waals surface area (Å²) in [5, 5.41) is 4.08. The fraction of sp³-hybridized carbons (Fsp3) is 0.550. The Labute approximate surface area is 159 Å².